The Kier molecular flexibility index (Phi) is 4.61. The van der Waals surface area contributed by atoms with Gasteiger partial charge in [0.1, 0.15) is 0 Å². The van der Waals surface area contributed by atoms with E-state index in [1.54, 1.807) is 13.0 Å². The molecule has 1 aromatic carbocycles. The van der Waals surface area contributed by atoms with Gasteiger partial charge in [-0.2, -0.15) is 0 Å². The third-order valence-electron chi connectivity index (χ3n) is 3.50. The molecule has 0 aliphatic carbocycles. The molecule has 4 nitrogen and oxygen atoms in total. The normalized spacial score (nSPS) is 11.5. The number of amides is 1. The predicted molar refractivity (Wildman–Crippen MR) is 81.6 cm³/mol. The second kappa shape index (κ2) is 6.27. The topological polar surface area (TPSA) is 60.1 Å². The molecular formula is C16H19F2N3O. The van der Waals surface area contributed by atoms with Crippen LogP contribution in [0.4, 0.5) is 8.78 Å². The smallest absolute Gasteiger partial charge is 0.277 e. The van der Waals surface area contributed by atoms with E-state index in [2.05, 4.69) is 5.32 Å². The van der Waals surface area contributed by atoms with Crippen LogP contribution in [-0.4, -0.2) is 29.5 Å². The van der Waals surface area contributed by atoms with Crippen molar-refractivity contribution in [1.29, 1.82) is 0 Å². The van der Waals surface area contributed by atoms with E-state index in [1.165, 1.54) is 0 Å². The van der Waals surface area contributed by atoms with Gasteiger partial charge in [0.25, 0.3) is 11.8 Å². The van der Waals surface area contributed by atoms with Gasteiger partial charge in [-0.1, -0.05) is 18.2 Å². The van der Waals surface area contributed by atoms with Crippen molar-refractivity contribution in [3.05, 3.63) is 53.3 Å². The monoisotopic (exact) mass is 307 g/mol. The number of benzene rings is 1. The lowest BCUT2D eigenvalue weighted by Gasteiger charge is -2.14. The van der Waals surface area contributed by atoms with Crippen molar-refractivity contribution in [3.8, 4) is 5.69 Å². The van der Waals surface area contributed by atoms with Crippen molar-refractivity contribution in [3.63, 3.8) is 0 Å². The molecule has 1 heterocycles. The number of para-hydroxylation sites is 1. The molecule has 0 aliphatic rings. The number of alkyl halides is 2. The Morgan fingerprint density at radius 3 is 2.50 bits per heavy atom. The number of nitrogens with one attached hydrogen (secondary N) is 1. The van der Waals surface area contributed by atoms with Crippen LogP contribution in [0, 0.1) is 13.8 Å². The molecule has 0 fully saturated rings. The number of halogens is 2. The van der Waals surface area contributed by atoms with Crippen LogP contribution in [0.2, 0.25) is 0 Å². The van der Waals surface area contributed by atoms with Crippen LogP contribution in [0.15, 0.2) is 36.4 Å². The van der Waals surface area contributed by atoms with Gasteiger partial charge >= 0.3 is 0 Å². The summed E-state index contributed by atoms with van der Waals surface area (Å²) in [5.41, 5.74) is 7.83. The molecule has 1 aromatic heterocycles. The molecule has 3 N–H and O–H groups in total. The van der Waals surface area contributed by atoms with Gasteiger partial charge in [-0.05, 0) is 32.0 Å². The molecule has 0 atom stereocenters. The number of nitrogens with zero attached hydrogens (tertiary/aromatic N) is 1. The van der Waals surface area contributed by atoms with Gasteiger partial charge in [0.2, 0.25) is 0 Å². The van der Waals surface area contributed by atoms with Gasteiger partial charge < -0.3 is 15.6 Å². The zero-order valence-corrected chi connectivity index (χ0v) is 12.6. The number of aryl methyl sites for hydroxylation is 1. The lowest BCUT2D eigenvalue weighted by molar-refractivity contribution is 0.0118. The number of aromatic nitrogens is 1. The highest BCUT2D eigenvalue weighted by Gasteiger charge is 2.28. The second-order valence-corrected chi connectivity index (χ2v) is 5.20. The SMILES string of the molecule is Cc1cc(C(=O)NCC(F)(F)CN)c(C)n1-c1ccccc1. The highest BCUT2D eigenvalue weighted by molar-refractivity contribution is 5.96. The molecule has 118 valence electrons. The van der Waals surface area contributed by atoms with Crippen LogP contribution in [0.1, 0.15) is 21.7 Å². The average Bonchev–Trinajstić information content (AvgIpc) is 2.81. The van der Waals surface area contributed by atoms with Crippen LogP contribution >= 0.6 is 0 Å². The predicted octanol–water partition coefficient (Wildman–Crippen LogP) is 2.42. The van der Waals surface area contributed by atoms with Gasteiger partial charge in [-0.25, -0.2) is 8.78 Å². The maximum absolute atomic E-state index is 13.1. The minimum absolute atomic E-state index is 0.383. The first-order valence-electron chi connectivity index (χ1n) is 6.96. The summed E-state index contributed by atoms with van der Waals surface area (Å²) in [6.07, 6.45) is 0. The minimum Gasteiger partial charge on any atom is -0.346 e. The molecule has 2 rings (SSSR count). The lowest BCUT2D eigenvalue weighted by atomic mass is 10.2. The Morgan fingerprint density at radius 1 is 1.27 bits per heavy atom. The fourth-order valence-electron chi connectivity index (χ4n) is 2.34. The molecule has 0 saturated carbocycles. The summed E-state index contributed by atoms with van der Waals surface area (Å²) in [5.74, 6) is -3.62. The summed E-state index contributed by atoms with van der Waals surface area (Å²) in [4.78, 5) is 12.1. The van der Waals surface area contributed by atoms with Crippen LogP contribution in [0.25, 0.3) is 5.69 Å². The van der Waals surface area contributed by atoms with Crippen molar-refractivity contribution >= 4 is 5.91 Å². The molecule has 0 spiro atoms. The van der Waals surface area contributed by atoms with E-state index in [-0.39, 0.29) is 0 Å². The summed E-state index contributed by atoms with van der Waals surface area (Å²) in [7, 11) is 0. The summed E-state index contributed by atoms with van der Waals surface area (Å²) < 4.78 is 28.2. The summed E-state index contributed by atoms with van der Waals surface area (Å²) >= 11 is 0. The maximum atomic E-state index is 13.1. The molecule has 2 aromatic rings. The maximum Gasteiger partial charge on any atom is 0.277 e. The van der Waals surface area contributed by atoms with E-state index >= 15 is 0 Å². The van der Waals surface area contributed by atoms with E-state index in [0.717, 1.165) is 11.4 Å². The molecule has 22 heavy (non-hydrogen) atoms. The van der Waals surface area contributed by atoms with Gasteiger partial charge in [0.05, 0.1) is 18.7 Å². The summed E-state index contributed by atoms with van der Waals surface area (Å²) in [6, 6.07) is 11.2. The van der Waals surface area contributed by atoms with Gasteiger partial charge in [0, 0.05) is 17.1 Å². The fraction of sp³-hybridized carbons (Fsp3) is 0.312. The Morgan fingerprint density at radius 2 is 1.91 bits per heavy atom. The molecule has 0 aliphatic heterocycles. The fourth-order valence-corrected chi connectivity index (χ4v) is 2.34. The summed E-state index contributed by atoms with van der Waals surface area (Å²) in [5, 5.41) is 2.24. The summed E-state index contributed by atoms with van der Waals surface area (Å²) in [6.45, 7) is 2.09. The van der Waals surface area contributed by atoms with Crippen LogP contribution in [-0.2, 0) is 0 Å². The number of carbonyl (C=O) groups is 1. The zero-order valence-electron chi connectivity index (χ0n) is 12.6. The number of hydrogen-bond acceptors (Lipinski definition) is 2. The zero-order chi connectivity index (χ0) is 16.3. The third-order valence-corrected chi connectivity index (χ3v) is 3.50. The van der Waals surface area contributed by atoms with E-state index in [0.29, 0.717) is 11.3 Å². The van der Waals surface area contributed by atoms with Gasteiger partial charge in [-0.15, -0.1) is 0 Å². The van der Waals surface area contributed by atoms with Crippen molar-refractivity contribution < 1.29 is 13.6 Å². The first kappa shape index (κ1) is 16.2. The van der Waals surface area contributed by atoms with Gasteiger partial charge in [0.15, 0.2) is 0 Å². The van der Waals surface area contributed by atoms with E-state index in [9.17, 15) is 13.6 Å². The molecule has 6 heteroatoms. The minimum atomic E-state index is -3.10. The van der Waals surface area contributed by atoms with Crippen LogP contribution in [0.5, 0.6) is 0 Å². The second-order valence-electron chi connectivity index (χ2n) is 5.20. The first-order chi connectivity index (χ1) is 10.4. The Hall–Kier alpha value is -2.21. The van der Waals surface area contributed by atoms with E-state index in [1.807, 2.05) is 41.8 Å². The molecule has 0 bridgehead atoms. The Bertz CT molecular complexity index is 666. The largest absolute Gasteiger partial charge is 0.346 e. The van der Waals surface area contributed by atoms with Crippen molar-refractivity contribution in [1.82, 2.24) is 9.88 Å². The molecule has 0 unspecified atom stereocenters. The van der Waals surface area contributed by atoms with Crippen molar-refractivity contribution in [2.75, 3.05) is 13.1 Å². The number of hydrogen-bond donors (Lipinski definition) is 2. The van der Waals surface area contributed by atoms with Gasteiger partial charge in [-0.3, -0.25) is 4.79 Å². The molecule has 0 radical (unpaired) electrons. The number of carbonyl (C=O) groups excluding carboxylic acids is 1. The average molecular weight is 307 g/mol. The Balaban J connectivity index is 2.25. The first-order valence-corrected chi connectivity index (χ1v) is 6.96. The Labute approximate surface area is 127 Å². The molecule has 0 saturated heterocycles. The van der Waals surface area contributed by atoms with Crippen molar-refractivity contribution in [2.24, 2.45) is 5.73 Å². The highest BCUT2D eigenvalue weighted by atomic mass is 19.3. The van der Waals surface area contributed by atoms with Crippen LogP contribution < -0.4 is 11.1 Å². The van der Waals surface area contributed by atoms with Crippen LogP contribution in [0.3, 0.4) is 0 Å². The quantitative estimate of drug-likeness (QED) is 0.891. The standard InChI is InChI=1S/C16H19F2N3O/c1-11-8-14(15(22)20-10-16(17,18)9-19)12(2)21(11)13-6-4-3-5-7-13/h3-8H,9-10,19H2,1-2H3,(H,20,22). The third kappa shape index (κ3) is 3.33. The molecular weight excluding hydrogens is 288 g/mol. The molecule has 1 amide bonds. The van der Waals surface area contributed by atoms with E-state index < -0.39 is 24.9 Å². The highest BCUT2D eigenvalue weighted by Crippen LogP contribution is 2.21. The van der Waals surface area contributed by atoms with Crippen molar-refractivity contribution in [2.45, 2.75) is 19.8 Å². The number of rotatable bonds is 5. The van der Waals surface area contributed by atoms with E-state index in [4.69, 9.17) is 5.73 Å². The number of nitrogens with two attached hydrogens (primary N) is 1. The lowest BCUT2D eigenvalue weighted by Crippen LogP contribution is -2.41.